The molecule has 162 valence electrons. The van der Waals surface area contributed by atoms with Crippen molar-refractivity contribution in [2.24, 2.45) is 0 Å². The summed E-state index contributed by atoms with van der Waals surface area (Å²) >= 11 is 1.88. The molecule has 0 fully saturated rings. The molecule has 0 bridgehead atoms. The average Bonchev–Trinajstić information content (AvgIpc) is 2.92. The SMILES string of the molecule is c1ccc2c(c1)Sc1ccc(-c3ccc4cc5c(ccc6ccccc65)cc4c3)c3cccc-2c13. The first kappa shape index (κ1) is 19.3. The Hall–Kier alpha value is -4.07. The van der Waals surface area contributed by atoms with Crippen molar-refractivity contribution in [2.75, 3.05) is 0 Å². The summed E-state index contributed by atoms with van der Waals surface area (Å²) in [4.78, 5) is 2.68. The highest BCUT2D eigenvalue weighted by molar-refractivity contribution is 7.99. The van der Waals surface area contributed by atoms with Gasteiger partial charge in [0.2, 0.25) is 0 Å². The minimum atomic E-state index is 1.27. The molecule has 1 aliphatic heterocycles. The second-order valence-electron chi connectivity index (χ2n) is 9.36. The minimum absolute atomic E-state index is 1.27. The molecule has 0 aromatic heterocycles. The Kier molecular flexibility index (Phi) is 3.97. The highest BCUT2D eigenvalue weighted by atomic mass is 32.2. The predicted molar refractivity (Wildman–Crippen MR) is 151 cm³/mol. The van der Waals surface area contributed by atoms with E-state index in [1.54, 1.807) is 0 Å². The Morgan fingerprint density at radius 1 is 0.371 bits per heavy atom. The summed E-state index contributed by atoms with van der Waals surface area (Å²) < 4.78 is 0. The lowest BCUT2D eigenvalue weighted by atomic mass is 9.91. The highest BCUT2D eigenvalue weighted by Gasteiger charge is 2.20. The van der Waals surface area contributed by atoms with Gasteiger partial charge in [-0.05, 0) is 90.3 Å². The summed E-state index contributed by atoms with van der Waals surface area (Å²) in [5, 5.41) is 10.5. The van der Waals surface area contributed by atoms with Crippen molar-refractivity contribution in [2.45, 2.75) is 9.79 Å². The number of rotatable bonds is 1. The van der Waals surface area contributed by atoms with E-state index >= 15 is 0 Å². The number of fused-ring (bicyclic) bond motifs is 6. The van der Waals surface area contributed by atoms with Crippen molar-refractivity contribution in [1.82, 2.24) is 0 Å². The Bertz CT molecular complexity index is 1980. The molecule has 0 aliphatic carbocycles. The zero-order valence-corrected chi connectivity index (χ0v) is 19.8. The summed E-state index contributed by atoms with van der Waals surface area (Å²) in [6.45, 7) is 0. The van der Waals surface area contributed by atoms with Crippen LogP contribution in [0.3, 0.4) is 0 Å². The summed E-state index contributed by atoms with van der Waals surface area (Å²) in [5.74, 6) is 0. The van der Waals surface area contributed by atoms with E-state index in [9.17, 15) is 0 Å². The van der Waals surface area contributed by atoms with Crippen molar-refractivity contribution in [3.05, 3.63) is 121 Å². The third-order valence-electron chi connectivity index (χ3n) is 7.41. The zero-order valence-electron chi connectivity index (χ0n) is 19.0. The van der Waals surface area contributed by atoms with Crippen molar-refractivity contribution in [3.8, 4) is 22.3 Å². The summed E-state index contributed by atoms with van der Waals surface area (Å²) in [7, 11) is 0. The van der Waals surface area contributed by atoms with Gasteiger partial charge in [0.15, 0.2) is 0 Å². The summed E-state index contributed by atoms with van der Waals surface area (Å²) in [6, 6.07) is 44.9. The number of hydrogen-bond donors (Lipinski definition) is 0. The van der Waals surface area contributed by atoms with E-state index in [-0.39, 0.29) is 0 Å². The third kappa shape index (κ3) is 2.82. The lowest BCUT2D eigenvalue weighted by Gasteiger charge is -2.21. The molecule has 1 heterocycles. The summed E-state index contributed by atoms with van der Waals surface area (Å²) in [6.07, 6.45) is 0. The van der Waals surface area contributed by atoms with E-state index in [4.69, 9.17) is 0 Å². The monoisotopic (exact) mass is 460 g/mol. The molecular weight excluding hydrogens is 440 g/mol. The maximum absolute atomic E-state index is 2.36. The van der Waals surface area contributed by atoms with Crippen molar-refractivity contribution < 1.29 is 0 Å². The molecule has 8 rings (SSSR count). The van der Waals surface area contributed by atoms with Gasteiger partial charge in [-0.2, -0.15) is 0 Å². The molecule has 1 heteroatoms. The molecule has 1 aliphatic rings. The van der Waals surface area contributed by atoms with E-state index in [2.05, 4.69) is 121 Å². The van der Waals surface area contributed by atoms with Crippen LogP contribution in [0.1, 0.15) is 0 Å². The molecule has 0 saturated heterocycles. The molecule has 7 aromatic carbocycles. The van der Waals surface area contributed by atoms with Crippen molar-refractivity contribution in [1.29, 1.82) is 0 Å². The molecule has 0 amide bonds. The molecule has 0 radical (unpaired) electrons. The van der Waals surface area contributed by atoms with Crippen LogP contribution in [-0.2, 0) is 0 Å². The van der Waals surface area contributed by atoms with Crippen LogP contribution in [-0.4, -0.2) is 0 Å². The first-order valence-corrected chi connectivity index (χ1v) is 12.8. The quantitative estimate of drug-likeness (QED) is 0.173. The lowest BCUT2D eigenvalue weighted by molar-refractivity contribution is 1.40. The second-order valence-corrected chi connectivity index (χ2v) is 10.4. The van der Waals surface area contributed by atoms with Crippen LogP contribution in [0.4, 0.5) is 0 Å². The van der Waals surface area contributed by atoms with Gasteiger partial charge in [-0.1, -0.05) is 103 Å². The minimum Gasteiger partial charge on any atom is -0.0888 e. The van der Waals surface area contributed by atoms with E-state index in [0.29, 0.717) is 0 Å². The number of hydrogen-bond acceptors (Lipinski definition) is 1. The van der Waals surface area contributed by atoms with E-state index in [1.807, 2.05) is 11.8 Å². The highest BCUT2D eigenvalue weighted by Crippen LogP contribution is 2.49. The predicted octanol–water partition coefficient (Wildman–Crippen LogP) is 10.1. The molecule has 0 saturated carbocycles. The fourth-order valence-corrected chi connectivity index (χ4v) is 6.88. The maximum atomic E-state index is 2.36. The van der Waals surface area contributed by atoms with Crippen LogP contribution in [0.15, 0.2) is 131 Å². The van der Waals surface area contributed by atoms with Crippen LogP contribution >= 0.6 is 11.8 Å². The van der Waals surface area contributed by atoms with Crippen LogP contribution in [0, 0.1) is 0 Å². The zero-order chi connectivity index (χ0) is 22.9. The standard InChI is InChI=1S/C34H20S/c1-2-7-26-21(6-1)12-14-24-19-25-18-23(15-13-22(25)20-31(24)26)27-16-17-33-34-29(27)9-5-10-30(34)28-8-3-4-11-32(28)35-33/h1-20H. The molecule has 7 aromatic rings. The van der Waals surface area contributed by atoms with E-state index in [1.165, 1.54) is 75.1 Å². The molecule has 0 N–H and O–H groups in total. The van der Waals surface area contributed by atoms with Crippen LogP contribution < -0.4 is 0 Å². The van der Waals surface area contributed by atoms with E-state index < -0.39 is 0 Å². The van der Waals surface area contributed by atoms with Crippen LogP contribution in [0.25, 0.3) is 65.3 Å². The van der Waals surface area contributed by atoms with Crippen molar-refractivity contribution >= 4 is 54.9 Å². The topological polar surface area (TPSA) is 0 Å². The Morgan fingerprint density at radius 3 is 2.17 bits per heavy atom. The van der Waals surface area contributed by atoms with Crippen molar-refractivity contribution in [3.63, 3.8) is 0 Å². The van der Waals surface area contributed by atoms with Gasteiger partial charge in [0.1, 0.15) is 0 Å². The maximum Gasteiger partial charge on any atom is 0.0207 e. The molecule has 0 unspecified atom stereocenters. The Morgan fingerprint density at radius 2 is 1.17 bits per heavy atom. The normalized spacial score (nSPS) is 12.5. The second kappa shape index (κ2) is 7.21. The molecule has 0 spiro atoms. The van der Waals surface area contributed by atoms with Gasteiger partial charge >= 0.3 is 0 Å². The van der Waals surface area contributed by atoms with Crippen LogP contribution in [0.5, 0.6) is 0 Å². The third-order valence-corrected chi connectivity index (χ3v) is 8.55. The van der Waals surface area contributed by atoms with Gasteiger partial charge < -0.3 is 0 Å². The molecule has 35 heavy (non-hydrogen) atoms. The first-order chi connectivity index (χ1) is 17.3. The van der Waals surface area contributed by atoms with Gasteiger partial charge in [0.05, 0.1) is 0 Å². The number of benzene rings is 7. The smallest absolute Gasteiger partial charge is 0.0207 e. The van der Waals surface area contributed by atoms with Gasteiger partial charge in [-0.3, -0.25) is 0 Å². The molecule has 0 nitrogen and oxygen atoms in total. The van der Waals surface area contributed by atoms with Gasteiger partial charge in [-0.15, -0.1) is 0 Å². The lowest BCUT2D eigenvalue weighted by Crippen LogP contribution is -1.94. The largest absolute Gasteiger partial charge is 0.0888 e. The average molecular weight is 461 g/mol. The van der Waals surface area contributed by atoms with Gasteiger partial charge in [0, 0.05) is 15.2 Å². The van der Waals surface area contributed by atoms with E-state index in [0.717, 1.165) is 0 Å². The molecular formula is C34H20S. The Labute approximate surface area is 207 Å². The first-order valence-electron chi connectivity index (χ1n) is 12.0. The summed E-state index contributed by atoms with van der Waals surface area (Å²) in [5.41, 5.74) is 5.24. The fourth-order valence-electron chi connectivity index (χ4n) is 5.75. The molecule has 0 atom stereocenters. The fraction of sp³-hybridized carbons (Fsp3) is 0. The Balaban J connectivity index is 1.36. The van der Waals surface area contributed by atoms with Gasteiger partial charge in [0.25, 0.3) is 0 Å². The van der Waals surface area contributed by atoms with Crippen LogP contribution in [0.2, 0.25) is 0 Å². The van der Waals surface area contributed by atoms with Gasteiger partial charge in [-0.25, -0.2) is 0 Å².